The van der Waals surface area contributed by atoms with Gasteiger partial charge in [0.25, 0.3) is 0 Å². The summed E-state index contributed by atoms with van der Waals surface area (Å²) in [7, 11) is 2.09. The van der Waals surface area contributed by atoms with Crippen molar-refractivity contribution in [2.75, 3.05) is 13.2 Å². The van der Waals surface area contributed by atoms with E-state index in [0.29, 0.717) is 12.5 Å². The molecule has 5 aromatic rings. The van der Waals surface area contributed by atoms with Crippen LogP contribution in [0.4, 0.5) is 0 Å². The van der Waals surface area contributed by atoms with E-state index in [1.807, 2.05) is 48.9 Å². The molecule has 0 unspecified atom stereocenters. The van der Waals surface area contributed by atoms with Gasteiger partial charge in [-0.1, -0.05) is 24.6 Å². The molecule has 206 valence electrons. The van der Waals surface area contributed by atoms with E-state index in [1.54, 1.807) is 0 Å². The smallest absolute Gasteiger partial charge is 0.213 e. The fourth-order valence-electron chi connectivity index (χ4n) is 5.32. The predicted octanol–water partition coefficient (Wildman–Crippen LogP) is 6.71. The second kappa shape index (κ2) is 12.0. The SMILES string of the molecule is Cn1c2ccncc2c2ccc(-c3ccc(OC4CC(Oc5cccc(OCCCCCCO)c5)C4)nc3)cc21. The lowest BCUT2D eigenvalue weighted by molar-refractivity contribution is 0.00218. The number of pyridine rings is 2. The number of aliphatic hydroxyl groups is 1. The average Bonchev–Trinajstić information content (AvgIpc) is 3.25. The summed E-state index contributed by atoms with van der Waals surface area (Å²) in [5.41, 5.74) is 4.52. The first-order valence-electron chi connectivity index (χ1n) is 14.1. The maximum atomic E-state index is 8.86. The molecule has 0 radical (unpaired) electrons. The number of ether oxygens (including phenoxy) is 3. The summed E-state index contributed by atoms with van der Waals surface area (Å²) < 4.78 is 20.3. The molecule has 1 aliphatic carbocycles. The van der Waals surface area contributed by atoms with Crippen LogP contribution in [0.3, 0.4) is 0 Å². The van der Waals surface area contributed by atoms with Crippen LogP contribution in [0, 0.1) is 0 Å². The van der Waals surface area contributed by atoms with Crippen molar-refractivity contribution in [3.8, 4) is 28.5 Å². The highest BCUT2D eigenvalue weighted by Gasteiger charge is 2.33. The monoisotopic (exact) mass is 537 g/mol. The van der Waals surface area contributed by atoms with Crippen molar-refractivity contribution in [1.82, 2.24) is 14.5 Å². The molecule has 1 aliphatic rings. The van der Waals surface area contributed by atoms with Crippen LogP contribution >= 0.6 is 0 Å². The minimum Gasteiger partial charge on any atom is -0.493 e. The largest absolute Gasteiger partial charge is 0.493 e. The molecule has 3 heterocycles. The molecule has 7 nitrogen and oxygen atoms in total. The molecule has 0 spiro atoms. The highest BCUT2D eigenvalue weighted by molar-refractivity contribution is 6.08. The molecule has 1 N–H and O–H groups in total. The lowest BCUT2D eigenvalue weighted by Gasteiger charge is -2.35. The minimum absolute atomic E-state index is 0.0995. The third-order valence-corrected chi connectivity index (χ3v) is 7.65. The van der Waals surface area contributed by atoms with Gasteiger partial charge < -0.3 is 23.9 Å². The normalized spacial score (nSPS) is 16.6. The van der Waals surface area contributed by atoms with Crippen molar-refractivity contribution in [2.24, 2.45) is 7.05 Å². The number of hydrogen-bond acceptors (Lipinski definition) is 6. The summed E-state index contributed by atoms with van der Waals surface area (Å²) in [5.74, 6) is 2.29. The van der Waals surface area contributed by atoms with E-state index in [0.717, 1.165) is 61.2 Å². The van der Waals surface area contributed by atoms with Crippen LogP contribution in [-0.4, -0.2) is 45.1 Å². The Morgan fingerprint density at radius 3 is 2.48 bits per heavy atom. The van der Waals surface area contributed by atoms with E-state index < -0.39 is 0 Å². The van der Waals surface area contributed by atoms with E-state index in [2.05, 4.69) is 51.9 Å². The van der Waals surface area contributed by atoms with Crippen molar-refractivity contribution in [3.63, 3.8) is 0 Å². The number of rotatable bonds is 12. The molecule has 40 heavy (non-hydrogen) atoms. The third kappa shape index (κ3) is 5.75. The number of unbranched alkanes of at least 4 members (excludes halogenated alkanes) is 3. The Balaban J connectivity index is 0.997. The predicted molar refractivity (Wildman–Crippen MR) is 157 cm³/mol. The Morgan fingerprint density at radius 2 is 1.62 bits per heavy atom. The lowest BCUT2D eigenvalue weighted by atomic mass is 9.92. The van der Waals surface area contributed by atoms with E-state index in [1.165, 1.54) is 21.8 Å². The van der Waals surface area contributed by atoms with Crippen molar-refractivity contribution in [1.29, 1.82) is 0 Å². The molecular formula is C33H35N3O4. The first kappa shape index (κ1) is 26.1. The fourth-order valence-corrected chi connectivity index (χ4v) is 5.32. The zero-order valence-electron chi connectivity index (χ0n) is 22.8. The summed E-state index contributed by atoms with van der Waals surface area (Å²) >= 11 is 0. The van der Waals surface area contributed by atoms with Gasteiger partial charge in [0.1, 0.15) is 23.7 Å². The van der Waals surface area contributed by atoms with Crippen LogP contribution in [0.25, 0.3) is 32.9 Å². The van der Waals surface area contributed by atoms with Crippen LogP contribution in [-0.2, 0) is 7.05 Å². The number of aryl methyl sites for hydroxylation is 1. The zero-order chi connectivity index (χ0) is 27.3. The summed E-state index contributed by atoms with van der Waals surface area (Å²) in [4.78, 5) is 8.88. The van der Waals surface area contributed by atoms with Crippen LogP contribution in [0.2, 0.25) is 0 Å². The topological polar surface area (TPSA) is 78.6 Å². The standard InChI is InChI=1S/C33H35N3O4/c1-36-31-13-14-34-22-30(31)29-11-9-23(17-32(29)36)24-10-12-33(35-21-24)40-28-19-27(20-28)39-26-8-6-7-25(18-26)38-16-5-3-2-4-15-37/h6-14,17-18,21-22,27-28,37H,2-5,15-16,19-20H2,1H3. The quantitative estimate of drug-likeness (QED) is 0.178. The molecule has 0 saturated heterocycles. The molecule has 3 aromatic heterocycles. The Bertz CT molecular complexity index is 1570. The van der Waals surface area contributed by atoms with Gasteiger partial charge in [0, 0.05) is 79.1 Å². The van der Waals surface area contributed by atoms with Gasteiger partial charge in [-0.3, -0.25) is 4.98 Å². The van der Waals surface area contributed by atoms with E-state index in [4.69, 9.17) is 19.3 Å². The van der Waals surface area contributed by atoms with Gasteiger partial charge in [-0.05, 0) is 55.2 Å². The maximum Gasteiger partial charge on any atom is 0.213 e. The second-order valence-corrected chi connectivity index (χ2v) is 10.5. The van der Waals surface area contributed by atoms with Crippen LogP contribution in [0.15, 0.2) is 79.3 Å². The van der Waals surface area contributed by atoms with Crippen molar-refractivity contribution in [2.45, 2.75) is 50.7 Å². The van der Waals surface area contributed by atoms with Crippen molar-refractivity contribution in [3.05, 3.63) is 79.3 Å². The van der Waals surface area contributed by atoms with Gasteiger partial charge >= 0.3 is 0 Å². The number of benzene rings is 2. The molecule has 0 bridgehead atoms. The number of aliphatic hydroxyl groups excluding tert-OH is 1. The lowest BCUT2D eigenvalue weighted by Crippen LogP contribution is -2.41. The van der Waals surface area contributed by atoms with Gasteiger partial charge in [0.2, 0.25) is 5.88 Å². The van der Waals surface area contributed by atoms with Gasteiger partial charge in [-0.25, -0.2) is 4.98 Å². The molecule has 7 heteroatoms. The second-order valence-electron chi connectivity index (χ2n) is 10.5. The Labute approximate surface area is 234 Å². The van der Waals surface area contributed by atoms with Crippen molar-refractivity contribution >= 4 is 21.8 Å². The van der Waals surface area contributed by atoms with Crippen LogP contribution < -0.4 is 14.2 Å². The number of aromatic nitrogens is 3. The van der Waals surface area contributed by atoms with Gasteiger partial charge in [-0.15, -0.1) is 0 Å². The van der Waals surface area contributed by atoms with E-state index in [9.17, 15) is 0 Å². The van der Waals surface area contributed by atoms with Crippen LogP contribution in [0.5, 0.6) is 17.4 Å². The van der Waals surface area contributed by atoms with Gasteiger partial charge in [0.15, 0.2) is 0 Å². The van der Waals surface area contributed by atoms with E-state index >= 15 is 0 Å². The van der Waals surface area contributed by atoms with Crippen LogP contribution in [0.1, 0.15) is 38.5 Å². The van der Waals surface area contributed by atoms with Gasteiger partial charge in [0.05, 0.1) is 12.1 Å². The van der Waals surface area contributed by atoms with Gasteiger partial charge in [-0.2, -0.15) is 0 Å². The molecule has 2 aromatic carbocycles. The molecule has 0 atom stereocenters. The van der Waals surface area contributed by atoms with Crippen molar-refractivity contribution < 1.29 is 19.3 Å². The first-order valence-corrected chi connectivity index (χ1v) is 14.1. The molecule has 0 aliphatic heterocycles. The summed E-state index contributed by atoms with van der Waals surface area (Å²) in [5, 5.41) is 11.2. The Kier molecular flexibility index (Phi) is 7.82. The summed E-state index contributed by atoms with van der Waals surface area (Å²) in [6.45, 7) is 0.939. The fraction of sp³-hybridized carbons (Fsp3) is 0.333. The number of nitrogens with zero attached hydrogens (tertiary/aromatic N) is 3. The maximum absolute atomic E-state index is 8.86. The zero-order valence-corrected chi connectivity index (χ0v) is 22.8. The summed E-state index contributed by atoms with van der Waals surface area (Å²) in [6, 6.07) is 20.4. The summed E-state index contributed by atoms with van der Waals surface area (Å²) in [6.07, 6.45) is 11.5. The number of fused-ring (bicyclic) bond motifs is 3. The highest BCUT2D eigenvalue weighted by Crippen LogP contribution is 2.33. The Hall–Kier alpha value is -4.10. The molecule has 6 rings (SSSR count). The van der Waals surface area contributed by atoms with E-state index in [-0.39, 0.29) is 18.8 Å². The number of hydrogen-bond donors (Lipinski definition) is 1. The third-order valence-electron chi connectivity index (χ3n) is 7.65. The molecular weight excluding hydrogens is 502 g/mol. The highest BCUT2D eigenvalue weighted by atomic mass is 16.5. The molecule has 1 saturated carbocycles. The average molecular weight is 538 g/mol. The molecule has 0 amide bonds. The minimum atomic E-state index is 0.0995. The molecule has 1 fully saturated rings. The Morgan fingerprint density at radius 1 is 0.800 bits per heavy atom. The first-order chi connectivity index (χ1) is 19.7.